The molecule has 1 heterocycles. The van der Waals surface area contributed by atoms with Gasteiger partial charge >= 0.3 is 12.1 Å². The predicted molar refractivity (Wildman–Crippen MR) is 61.8 cm³/mol. The van der Waals surface area contributed by atoms with Gasteiger partial charge in [0.2, 0.25) is 0 Å². The molecule has 0 aromatic carbocycles. The Morgan fingerprint density at radius 2 is 2.00 bits per heavy atom. The quantitative estimate of drug-likeness (QED) is 0.661. The van der Waals surface area contributed by atoms with Crippen molar-refractivity contribution in [3.8, 4) is 0 Å². The molecule has 1 saturated heterocycles. The second-order valence-electron chi connectivity index (χ2n) is 5.27. The molecule has 17 heavy (non-hydrogen) atoms. The highest BCUT2D eigenvalue weighted by molar-refractivity contribution is 5.71. The van der Waals surface area contributed by atoms with Gasteiger partial charge in [-0.25, -0.2) is 4.79 Å². The third-order valence-corrected chi connectivity index (χ3v) is 2.42. The van der Waals surface area contributed by atoms with Crippen LogP contribution in [0.4, 0.5) is 4.79 Å². The van der Waals surface area contributed by atoms with Gasteiger partial charge in [-0.05, 0) is 27.2 Å². The average molecular weight is 244 g/mol. The van der Waals surface area contributed by atoms with Gasteiger partial charge in [-0.2, -0.15) is 0 Å². The molecular weight excluding hydrogens is 224 g/mol. The number of piperidine rings is 1. The molecule has 6 heteroatoms. The number of carbonyl (C=O) groups is 2. The van der Waals surface area contributed by atoms with Gasteiger partial charge < -0.3 is 20.5 Å². The van der Waals surface area contributed by atoms with E-state index in [1.54, 1.807) is 20.8 Å². The van der Waals surface area contributed by atoms with Gasteiger partial charge in [-0.15, -0.1) is 0 Å². The maximum Gasteiger partial charge on any atom is 0.407 e. The third kappa shape index (κ3) is 5.04. The van der Waals surface area contributed by atoms with Crippen LogP contribution < -0.4 is 10.6 Å². The summed E-state index contributed by atoms with van der Waals surface area (Å²) in [4.78, 5) is 22.3. The number of hydrogen-bond acceptors (Lipinski definition) is 4. The second kappa shape index (κ2) is 5.35. The maximum atomic E-state index is 11.5. The number of carboxylic acid groups (broad SMARTS) is 1. The lowest BCUT2D eigenvalue weighted by atomic mass is 9.96. The number of alkyl carbamates (subject to hydrolysis) is 1. The number of ether oxygens (including phenoxy) is 1. The molecule has 1 aliphatic rings. The van der Waals surface area contributed by atoms with E-state index in [2.05, 4.69) is 10.6 Å². The van der Waals surface area contributed by atoms with Crippen LogP contribution in [0.3, 0.4) is 0 Å². The summed E-state index contributed by atoms with van der Waals surface area (Å²) in [7, 11) is 0. The molecule has 0 spiro atoms. The molecule has 0 saturated carbocycles. The van der Waals surface area contributed by atoms with Gasteiger partial charge in [0.25, 0.3) is 0 Å². The zero-order valence-electron chi connectivity index (χ0n) is 10.4. The number of carboxylic acids is 1. The molecule has 0 radical (unpaired) electrons. The first-order chi connectivity index (χ1) is 7.78. The molecule has 0 aromatic heterocycles. The van der Waals surface area contributed by atoms with Gasteiger partial charge in [0.05, 0.1) is 5.92 Å². The van der Waals surface area contributed by atoms with Crippen LogP contribution in [0.15, 0.2) is 0 Å². The molecule has 0 aromatic rings. The van der Waals surface area contributed by atoms with Crippen LogP contribution in [0.5, 0.6) is 0 Å². The topological polar surface area (TPSA) is 87.7 Å². The van der Waals surface area contributed by atoms with Crippen molar-refractivity contribution in [1.29, 1.82) is 0 Å². The van der Waals surface area contributed by atoms with Crippen molar-refractivity contribution in [1.82, 2.24) is 10.6 Å². The number of rotatable bonds is 2. The van der Waals surface area contributed by atoms with Crippen LogP contribution in [-0.4, -0.2) is 41.9 Å². The molecule has 0 aliphatic carbocycles. The zero-order valence-corrected chi connectivity index (χ0v) is 10.4. The van der Waals surface area contributed by atoms with E-state index in [0.29, 0.717) is 19.5 Å². The summed E-state index contributed by atoms with van der Waals surface area (Å²) in [6, 6.07) is -0.195. The van der Waals surface area contributed by atoms with Crippen molar-refractivity contribution in [2.75, 3.05) is 13.1 Å². The summed E-state index contributed by atoms with van der Waals surface area (Å²) in [6.45, 7) is 6.37. The Hall–Kier alpha value is -1.30. The minimum atomic E-state index is -0.840. The molecule has 2 unspecified atom stereocenters. The van der Waals surface area contributed by atoms with Crippen molar-refractivity contribution >= 4 is 12.1 Å². The molecule has 1 rings (SSSR count). The van der Waals surface area contributed by atoms with Crippen molar-refractivity contribution in [3.05, 3.63) is 0 Å². The Labute approximate surface area is 101 Å². The van der Waals surface area contributed by atoms with Gasteiger partial charge in [0.1, 0.15) is 5.60 Å². The first-order valence-corrected chi connectivity index (χ1v) is 5.71. The van der Waals surface area contributed by atoms with Crippen LogP contribution >= 0.6 is 0 Å². The fraction of sp³-hybridized carbons (Fsp3) is 0.818. The van der Waals surface area contributed by atoms with Crippen LogP contribution in [-0.2, 0) is 9.53 Å². The minimum absolute atomic E-state index is 0.195. The first-order valence-electron chi connectivity index (χ1n) is 5.71. The Morgan fingerprint density at radius 1 is 1.35 bits per heavy atom. The Kier molecular flexibility index (Phi) is 4.34. The highest BCUT2D eigenvalue weighted by atomic mass is 16.6. The molecule has 1 fully saturated rings. The monoisotopic (exact) mass is 244 g/mol. The van der Waals surface area contributed by atoms with Crippen LogP contribution in [0.2, 0.25) is 0 Å². The van der Waals surface area contributed by atoms with Crippen LogP contribution in [0, 0.1) is 5.92 Å². The summed E-state index contributed by atoms with van der Waals surface area (Å²) < 4.78 is 5.11. The fourth-order valence-corrected chi connectivity index (χ4v) is 1.71. The minimum Gasteiger partial charge on any atom is -0.481 e. The van der Waals surface area contributed by atoms with E-state index < -0.39 is 23.6 Å². The number of nitrogens with one attached hydrogen (secondary N) is 2. The Balaban J connectivity index is 2.41. The summed E-state index contributed by atoms with van der Waals surface area (Å²) >= 11 is 0. The molecular formula is C11H20N2O4. The van der Waals surface area contributed by atoms with Crippen LogP contribution in [0.1, 0.15) is 27.2 Å². The largest absolute Gasteiger partial charge is 0.481 e. The van der Waals surface area contributed by atoms with Crippen molar-refractivity contribution in [2.45, 2.75) is 38.8 Å². The average Bonchev–Trinajstić information content (AvgIpc) is 2.14. The SMILES string of the molecule is CC(C)(C)OC(=O)NC1CNCC(C(=O)O)C1. The Bertz CT molecular complexity index is 298. The molecule has 98 valence electrons. The van der Waals surface area contributed by atoms with E-state index in [1.165, 1.54) is 0 Å². The smallest absolute Gasteiger partial charge is 0.407 e. The number of carbonyl (C=O) groups excluding carboxylic acids is 1. The van der Waals surface area contributed by atoms with E-state index >= 15 is 0 Å². The first kappa shape index (κ1) is 13.8. The summed E-state index contributed by atoms with van der Waals surface area (Å²) in [5.41, 5.74) is -0.543. The van der Waals surface area contributed by atoms with Crippen molar-refractivity contribution < 1.29 is 19.4 Å². The lowest BCUT2D eigenvalue weighted by molar-refractivity contribution is -0.142. The zero-order chi connectivity index (χ0) is 13.1. The predicted octanol–water partition coefficient (Wildman–Crippen LogP) is 0.574. The molecule has 3 N–H and O–H groups in total. The Morgan fingerprint density at radius 3 is 2.53 bits per heavy atom. The lowest BCUT2D eigenvalue weighted by Crippen LogP contribution is -2.51. The number of hydrogen-bond donors (Lipinski definition) is 3. The normalized spacial score (nSPS) is 25.1. The van der Waals surface area contributed by atoms with Gasteiger partial charge in [0.15, 0.2) is 0 Å². The number of aliphatic carboxylic acids is 1. The van der Waals surface area contributed by atoms with Gasteiger partial charge in [0, 0.05) is 19.1 Å². The molecule has 6 nitrogen and oxygen atoms in total. The maximum absolute atomic E-state index is 11.5. The lowest BCUT2D eigenvalue weighted by Gasteiger charge is -2.29. The van der Waals surface area contributed by atoms with E-state index in [-0.39, 0.29) is 6.04 Å². The van der Waals surface area contributed by atoms with Crippen LogP contribution in [0.25, 0.3) is 0 Å². The molecule has 0 bridgehead atoms. The molecule has 1 aliphatic heterocycles. The summed E-state index contributed by atoms with van der Waals surface area (Å²) in [6.07, 6.45) is -0.0722. The van der Waals surface area contributed by atoms with Gasteiger partial charge in [-0.3, -0.25) is 4.79 Å². The van der Waals surface area contributed by atoms with E-state index in [4.69, 9.17) is 9.84 Å². The number of amides is 1. The third-order valence-electron chi connectivity index (χ3n) is 2.42. The van der Waals surface area contributed by atoms with E-state index in [1.807, 2.05) is 0 Å². The van der Waals surface area contributed by atoms with Gasteiger partial charge in [-0.1, -0.05) is 0 Å². The highest BCUT2D eigenvalue weighted by Crippen LogP contribution is 2.12. The molecule has 1 amide bonds. The standard InChI is InChI=1S/C11H20N2O4/c1-11(2,3)17-10(16)13-8-4-7(9(14)15)5-12-6-8/h7-8,12H,4-6H2,1-3H3,(H,13,16)(H,14,15). The molecule has 2 atom stereocenters. The summed E-state index contributed by atoms with van der Waals surface area (Å²) in [5.74, 6) is -1.29. The summed E-state index contributed by atoms with van der Waals surface area (Å²) in [5, 5.41) is 14.5. The highest BCUT2D eigenvalue weighted by Gasteiger charge is 2.28. The fourth-order valence-electron chi connectivity index (χ4n) is 1.71. The second-order valence-corrected chi connectivity index (χ2v) is 5.27. The van der Waals surface area contributed by atoms with Crippen molar-refractivity contribution in [3.63, 3.8) is 0 Å². The van der Waals surface area contributed by atoms with E-state index in [9.17, 15) is 9.59 Å². The van der Waals surface area contributed by atoms with E-state index in [0.717, 1.165) is 0 Å². The van der Waals surface area contributed by atoms with Crippen molar-refractivity contribution in [2.24, 2.45) is 5.92 Å².